The quantitative estimate of drug-likeness (QED) is 0.423. The number of anilines is 2. The molecule has 0 aliphatic heterocycles. The summed E-state index contributed by atoms with van der Waals surface area (Å²) >= 11 is 0. The fraction of sp³-hybridized carbons (Fsp3) is 0.125. The molecule has 0 fully saturated rings. The summed E-state index contributed by atoms with van der Waals surface area (Å²) in [6, 6.07) is 21.0. The van der Waals surface area contributed by atoms with Gasteiger partial charge >= 0.3 is 0 Å². The summed E-state index contributed by atoms with van der Waals surface area (Å²) in [4.78, 5) is 37.3. The molecule has 34 heavy (non-hydrogen) atoms. The fourth-order valence-corrected chi connectivity index (χ4v) is 4.75. The van der Waals surface area contributed by atoms with Gasteiger partial charge in [0.2, 0.25) is 5.91 Å². The monoisotopic (exact) mass is 478 g/mol. The highest BCUT2D eigenvalue weighted by Crippen LogP contribution is 2.23. The number of amides is 1. The van der Waals surface area contributed by atoms with Crippen molar-refractivity contribution in [1.82, 2.24) is 9.78 Å². The second-order valence-corrected chi connectivity index (χ2v) is 9.55. The molecule has 0 aliphatic carbocycles. The molecular formula is C24H22N4O5S. The summed E-state index contributed by atoms with van der Waals surface area (Å²) in [7, 11) is -2.38. The van der Waals surface area contributed by atoms with Gasteiger partial charge in [0.05, 0.1) is 27.9 Å². The van der Waals surface area contributed by atoms with E-state index in [1.54, 1.807) is 60.7 Å². The number of nitrogens with one attached hydrogen (secondary N) is 2. The number of benzene rings is 3. The van der Waals surface area contributed by atoms with Gasteiger partial charge in [0.1, 0.15) is 0 Å². The minimum absolute atomic E-state index is 0.0201. The minimum Gasteiger partial charge on any atom is -0.326 e. The zero-order valence-electron chi connectivity index (χ0n) is 18.3. The number of hydrogen-bond acceptors (Lipinski definition) is 5. The van der Waals surface area contributed by atoms with Crippen molar-refractivity contribution in [2.24, 2.45) is 0 Å². The van der Waals surface area contributed by atoms with Gasteiger partial charge in [0.25, 0.3) is 21.1 Å². The first-order chi connectivity index (χ1) is 16.3. The van der Waals surface area contributed by atoms with E-state index in [4.69, 9.17) is 0 Å². The molecule has 0 atom stereocenters. The third kappa shape index (κ3) is 4.62. The Hall–Kier alpha value is -4.18. The SMILES string of the molecule is CN(c1ccccc1)S(=O)(=O)c1cccc(NC(=O)CCn2[nH]c(=O)c3ccccc3c2=O)c1. The first-order valence-corrected chi connectivity index (χ1v) is 11.9. The highest BCUT2D eigenvalue weighted by Gasteiger charge is 2.21. The predicted octanol–water partition coefficient (Wildman–Crippen LogP) is 2.54. The van der Waals surface area contributed by atoms with Crippen molar-refractivity contribution in [3.63, 3.8) is 0 Å². The molecule has 0 saturated heterocycles. The predicted molar refractivity (Wildman–Crippen MR) is 131 cm³/mol. The third-order valence-corrected chi connectivity index (χ3v) is 7.12. The maximum Gasteiger partial charge on any atom is 0.273 e. The number of hydrogen-bond donors (Lipinski definition) is 2. The molecule has 0 bridgehead atoms. The van der Waals surface area contributed by atoms with E-state index in [0.29, 0.717) is 11.4 Å². The minimum atomic E-state index is -3.84. The van der Waals surface area contributed by atoms with Crippen LogP contribution in [0.5, 0.6) is 0 Å². The smallest absolute Gasteiger partial charge is 0.273 e. The summed E-state index contributed by atoms with van der Waals surface area (Å²) in [6.45, 7) is -0.0422. The Bertz CT molecular complexity index is 1580. The molecule has 1 aromatic heterocycles. The Morgan fingerprint density at radius 2 is 1.62 bits per heavy atom. The standard InChI is InChI=1S/C24H22N4O5S/c1-27(18-9-3-2-4-10-18)34(32,33)19-11-7-8-17(16-19)25-22(29)14-15-28-24(31)21-13-6-5-12-20(21)23(30)26-28/h2-13,16H,14-15H2,1H3,(H,25,29)(H,26,30). The molecule has 3 aromatic carbocycles. The second kappa shape index (κ2) is 9.36. The number of para-hydroxylation sites is 1. The van der Waals surface area contributed by atoms with Gasteiger partial charge in [-0.1, -0.05) is 36.4 Å². The number of rotatable bonds is 7. The van der Waals surface area contributed by atoms with Crippen LogP contribution in [0.25, 0.3) is 10.8 Å². The molecule has 9 nitrogen and oxygen atoms in total. The number of carbonyl (C=O) groups excluding carboxylic acids is 1. The van der Waals surface area contributed by atoms with Crippen LogP contribution in [0.1, 0.15) is 6.42 Å². The molecule has 1 amide bonds. The first kappa shape index (κ1) is 23.0. The number of aromatic nitrogens is 2. The lowest BCUT2D eigenvalue weighted by Gasteiger charge is -2.20. The molecule has 4 aromatic rings. The van der Waals surface area contributed by atoms with Crippen LogP contribution in [0, 0.1) is 0 Å². The van der Waals surface area contributed by atoms with Crippen LogP contribution in [0.3, 0.4) is 0 Å². The number of carbonyl (C=O) groups is 1. The number of aryl methyl sites for hydroxylation is 1. The van der Waals surface area contributed by atoms with Gasteiger partial charge in [-0.25, -0.2) is 13.1 Å². The maximum atomic E-state index is 13.0. The number of sulfonamides is 1. The van der Waals surface area contributed by atoms with Crippen molar-refractivity contribution in [2.75, 3.05) is 16.7 Å². The van der Waals surface area contributed by atoms with Gasteiger partial charge in [0, 0.05) is 19.2 Å². The highest BCUT2D eigenvalue weighted by atomic mass is 32.2. The number of H-pyrrole nitrogens is 1. The lowest BCUT2D eigenvalue weighted by atomic mass is 10.2. The normalized spacial score (nSPS) is 11.3. The van der Waals surface area contributed by atoms with E-state index >= 15 is 0 Å². The summed E-state index contributed by atoms with van der Waals surface area (Å²) < 4.78 is 28.3. The number of fused-ring (bicyclic) bond motifs is 1. The molecule has 0 saturated carbocycles. The lowest BCUT2D eigenvalue weighted by molar-refractivity contribution is -0.116. The van der Waals surface area contributed by atoms with Gasteiger partial charge in [-0.2, -0.15) is 0 Å². The molecule has 0 unspecified atom stereocenters. The number of aromatic amines is 1. The van der Waals surface area contributed by atoms with Crippen molar-refractivity contribution in [2.45, 2.75) is 17.9 Å². The van der Waals surface area contributed by atoms with E-state index < -0.39 is 27.0 Å². The molecule has 4 rings (SSSR count). The Balaban J connectivity index is 1.48. The maximum absolute atomic E-state index is 13.0. The van der Waals surface area contributed by atoms with Crippen molar-refractivity contribution in [1.29, 1.82) is 0 Å². The van der Waals surface area contributed by atoms with E-state index in [9.17, 15) is 22.8 Å². The largest absolute Gasteiger partial charge is 0.326 e. The topological polar surface area (TPSA) is 121 Å². The summed E-state index contributed by atoms with van der Waals surface area (Å²) in [5, 5.41) is 5.68. The van der Waals surface area contributed by atoms with Crippen LogP contribution in [-0.4, -0.2) is 31.2 Å². The number of nitrogens with zero attached hydrogens (tertiary/aromatic N) is 2. The molecule has 0 radical (unpaired) electrons. The summed E-state index contributed by atoms with van der Waals surface area (Å²) in [5.74, 6) is -0.438. The van der Waals surface area contributed by atoms with Crippen molar-refractivity contribution < 1.29 is 13.2 Å². The summed E-state index contributed by atoms with van der Waals surface area (Å²) in [6.07, 6.45) is -0.102. The van der Waals surface area contributed by atoms with Crippen LogP contribution < -0.4 is 20.7 Å². The Morgan fingerprint density at radius 3 is 2.35 bits per heavy atom. The van der Waals surface area contributed by atoms with E-state index in [2.05, 4.69) is 10.4 Å². The Labute approximate surface area is 195 Å². The van der Waals surface area contributed by atoms with Crippen molar-refractivity contribution in [3.8, 4) is 0 Å². The van der Waals surface area contributed by atoms with E-state index in [1.807, 2.05) is 0 Å². The average Bonchev–Trinajstić information content (AvgIpc) is 2.85. The van der Waals surface area contributed by atoms with Gasteiger partial charge in [0.15, 0.2) is 0 Å². The Morgan fingerprint density at radius 1 is 0.941 bits per heavy atom. The summed E-state index contributed by atoms with van der Waals surface area (Å²) in [5.41, 5.74) is -0.0188. The molecule has 174 valence electrons. The zero-order valence-corrected chi connectivity index (χ0v) is 19.1. The molecule has 0 spiro atoms. The van der Waals surface area contributed by atoms with Gasteiger partial charge < -0.3 is 5.32 Å². The fourth-order valence-electron chi connectivity index (χ4n) is 3.51. The third-order valence-electron chi connectivity index (χ3n) is 5.34. The molecule has 1 heterocycles. The van der Waals surface area contributed by atoms with Crippen LogP contribution in [0.4, 0.5) is 11.4 Å². The van der Waals surface area contributed by atoms with Gasteiger partial charge in [-0.15, -0.1) is 0 Å². The van der Waals surface area contributed by atoms with Crippen LogP contribution in [-0.2, 0) is 21.4 Å². The molecule has 10 heteroatoms. The van der Waals surface area contributed by atoms with Crippen molar-refractivity contribution >= 4 is 38.1 Å². The second-order valence-electron chi connectivity index (χ2n) is 7.58. The van der Waals surface area contributed by atoms with Gasteiger partial charge in [-0.05, 0) is 42.5 Å². The van der Waals surface area contributed by atoms with Crippen LogP contribution >= 0.6 is 0 Å². The molecule has 2 N–H and O–H groups in total. The highest BCUT2D eigenvalue weighted by molar-refractivity contribution is 7.92. The average molecular weight is 479 g/mol. The zero-order chi connectivity index (χ0) is 24.3. The van der Waals surface area contributed by atoms with Crippen LogP contribution in [0.2, 0.25) is 0 Å². The first-order valence-electron chi connectivity index (χ1n) is 10.4. The van der Waals surface area contributed by atoms with Crippen LogP contribution in [0.15, 0.2) is 93.3 Å². The van der Waals surface area contributed by atoms with E-state index in [0.717, 1.165) is 8.99 Å². The van der Waals surface area contributed by atoms with Crippen molar-refractivity contribution in [3.05, 3.63) is 99.6 Å². The van der Waals surface area contributed by atoms with Gasteiger partial charge in [-0.3, -0.25) is 23.8 Å². The van der Waals surface area contributed by atoms with E-state index in [-0.39, 0.29) is 28.6 Å². The molecular weight excluding hydrogens is 456 g/mol. The molecule has 0 aliphatic rings. The van der Waals surface area contributed by atoms with E-state index in [1.165, 1.54) is 25.2 Å². The lowest BCUT2D eigenvalue weighted by Crippen LogP contribution is -2.31. The Kier molecular flexibility index (Phi) is 6.33.